The first-order valence-electron chi connectivity index (χ1n) is 9.04. The molecule has 1 fully saturated rings. The number of fused-ring (bicyclic) bond motifs is 1. The molecule has 8 heteroatoms. The maximum atomic E-state index is 10.7. The van der Waals surface area contributed by atoms with Crippen LogP contribution >= 0.6 is 0 Å². The molecule has 2 heterocycles. The Morgan fingerprint density at radius 1 is 1.35 bits per heavy atom. The SMILES string of the molecule is CNC(=N)N(CC1CCN(CC2COc3ccccc3O2)CC1)NC=O. The van der Waals surface area contributed by atoms with E-state index in [4.69, 9.17) is 14.9 Å². The minimum atomic E-state index is 0.0483. The number of para-hydroxylation sites is 2. The van der Waals surface area contributed by atoms with Crippen LogP contribution in [0.4, 0.5) is 0 Å². The molecule has 1 saturated heterocycles. The fourth-order valence-electron chi connectivity index (χ4n) is 3.46. The molecule has 0 spiro atoms. The number of rotatable bonds is 6. The molecule has 0 aliphatic carbocycles. The van der Waals surface area contributed by atoms with E-state index in [2.05, 4.69) is 15.6 Å². The molecule has 142 valence electrons. The molecule has 0 radical (unpaired) electrons. The maximum absolute atomic E-state index is 10.7. The molecule has 3 rings (SSSR count). The van der Waals surface area contributed by atoms with Gasteiger partial charge in [-0.25, -0.2) is 0 Å². The number of guanidine groups is 1. The van der Waals surface area contributed by atoms with Crippen LogP contribution in [0.5, 0.6) is 11.5 Å². The number of amides is 1. The molecule has 3 N–H and O–H groups in total. The average Bonchev–Trinajstić information content (AvgIpc) is 2.68. The number of piperidine rings is 1. The van der Waals surface area contributed by atoms with Crippen molar-refractivity contribution < 1.29 is 14.3 Å². The number of hydrazine groups is 1. The molecule has 8 nitrogen and oxygen atoms in total. The summed E-state index contributed by atoms with van der Waals surface area (Å²) in [6.45, 7) is 4.03. The highest BCUT2D eigenvalue weighted by Gasteiger charge is 2.27. The van der Waals surface area contributed by atoms with Crippen LogP contribution in [0.15, 0.2) is 24.3 Å². The van der Waals surface area contributed by atoms with Crippen molar-refractivity contribution >= 4 is 12.4 Å². The van der Waals surface area contributed by atoms with Gasteiger partial charge in [-0.1, -0.05) is 12.1 Å². The Hall–Kier alpha value is -2.48. The molecule has 0 saturated carbocycles. The first-order valence-corrected chi connectivity index (χ1v) is 9.04. The average molecular weight is 361 g/mol. The zero-order valence-electron chi connectivity index (χ0n) is 15.1. The van der Waals surface area contributed by atoms with E-state index < -0.39 is 0 Å². The Bertz CT molecular complexity index is 619. The fraction of sp³-hybridized carbons (Fsp3) is 0.556. The van der Waals surface area contributed by atoms with Gasteiger partial charge in [0.25, 0.3) is 0 Å². The van der Waals surface area contributed by atoms with E-state index in [1.165, 1.54) is 0 Å². The van der Waals surface area contributed by atoms with Crippen molar-refractivity contribution in [3.8, 4) is 11.5 Å². The Morgan fingerprint density at radius 3 is 2.77 bits per heavy atom. The predicted molar refractivity (Wildman–Crippen MR) is 98.2 cm³/mol. The quantitative estimate of drug-likeness (QED) is 0.298. The number of hydrogen-bond acceptors (Lipinski definition) is 5. The molecular formula is C18H27N5O3. The van der Waals surface area contributed by atoms with E-state index in [1.54, 1.807) is 12.1 Å². The van der Waals surface area contributed by atoms with Crippen molar-refractivity contribution in [2.45, 2.75) is 18.9 Å². The first kappa shape index (κ1) is 18.3. The Balaban J connectivity index is 1.44. The number of carbonyl (C=O) groups is 1. The summed E-state index contributed by atoms with van der Waals surface area (Å²) in [5, 5.41) is 12.2. The summed E-state index contributed by atoms with van der Waals surface area (Å²) >= 11 is 0. The van der Waals surface area contributed by atoms with Crippen LogP contribution < -0.4 is 20.2 Å². The zero-order valence-corrected chi connectivity index (χ0v) is 15.1. The summed E-state index contributed by atoms with van der Waals surface area (Å²) in [5.74, 6) is 2.28. The second kappa shape index (κ2) is 8.75. The number of nitrogens with one attached hydrogen (secondary N) is 3. The lowest BCUT2D eigenvalue weighted by molar-refractivity contribution is -0.112. The Morgan fingerprint density at radius 2 is 2.08 bits per heavy atom. The van der Waals surface area contributed by atoms with Gasteiger partial charge in [0.05, 0.1) is 0 Å². The van der Waals surface area contributed by atoms with E-state index in [0.29, 0.717) is 25.5 Å². The van der Waals surface area contributed by atoms with Crippen LogP contribution in [-0.4, -0.2) is 68.2 Å². The third-order valence-electron chi connectivity index (χ3n) is 4.89. The third kappa shape index (κ3) is 4.57. The molecule has 0 bridgehead atoms. The molecule has 2 aliphatic rings. The van der Waals surface area contributed by atoms with Gasteiger partial charge in [-0.2, -0.15) is 0 Å². The van der Waals surface area contributed by atoms with Crippen LogP contribution in [0.3, 0.4) is 0 Å². The number of likely N-dealkylation sites (tertiary alicyclic amines) is 1. The molecular weight excluding hydrogens is 334 g/mol. The van der Waals surface area contributed by atoms with Crippen molar-refractivity contribution in [3.05, 3.63) is 24.3 Å². The first-order chi connectivity index (χ1) is 12.7. The fourth-order valence-corrected chi connectivity index (χ4v) is 3.46. The summed E-state index contributed by atoms with van der Waals surface area (Å²) < 4.78 is 11.8. The van der Waals surface area contributed by atoms with E-state index in [9.17, 15) is 4.79 Å². The van der Waals surface area contributed by atoms with E-state index in [-0.39, 0.29) is 12.1 Å². The minimum Gasteiger partial charge on any atom is -0.486 e. The summed E-state index contributed by atoms with van der Waals surface area (Å²) in [6, 6.07) is 7.78. The number of carbonyl (C=O) groups excluding carboxylic acids is 1. The smallest absolute Gasteiger partial charge is 0.225 e. The van der Waals surface area contributed by atoms with Gasteiger partial charge in [0.2, 0.25) is 12.4 Å². The summed E-state index contributed by atoms with van der Waals surface area (Å²) in [7, 11) is 1.68. The van der Waals surface area contributed by atoms with Crippen molar-refractivity contribution in [3.63, 3.8) is 0 Å². The topological polar surface area (TPSA) is 89.9 Å². The molecule has 2 aliphatic heterocycles. The molecule has 26 heavy (non-hydrogen) atoms. The van der Waals surface area contributed by atoms with Gasteiger partial charge in [0, 0.05) is 20.1 Å². The molecule has 1 amide bonds. The number of benzene rings is 1. The monoisotopic (exact) mass is 361 g/mol. The molecule has 0 aromatic heterocycles. The normalized spacial score (nSPS) is 20.3. The highest BCUT2D eigenvalue weighted by Crippen LogP contribution is 2.31. The van der Waals surface area contributed by atoms with Gasteiger partial charge in [-0.15, -0.1) is 0 Å². The summed E-state index contributed by atoms with van der Waals surface area (Å²) in [5.41, 5.74) is 2.58. The van der Waals surface area contributed by atoms with Crippen LogP contribution in [0.2, 0.25) is 0 Å². The van der Waals surface area contributed by atoms with Gasteiger partial charge >= 0.3 is 0 Å². The standard InChI is InChI=1S/C18H27N5O3/c1-20-18(19)23(21-13-24)10-14-6-8-22(9-7-14)11-15-12-25-16-4-2-3-5-17(16)26-15/h2-5,13-15H,6-12H2,1H3,(H2,19,20)(H,21,24). The summed E-state index contributed by atoms with van der Waals surface area (Å²) in [6.07, 6.45) is 2.71. The van der Waals surface area contributed by atoms with Gasteiger partial charge < -0.3 is 14.8 Å². The van der Waals surface area contributed by atoms with Crippen molar-refractivity contribution in [2.24, 2.45) is 5.92 Å². The lowest BCUT2D eigenvalue weighted by atomic mass is 9.96. The van der Waals surface area contributed by atoms with Crippen molar-refractivity contribution in [1.29, 1.82) is 5.41 Å². The Labute approximate surface area is 153 Å². The predicted octanol–water partition coefficient (Wildman–Crippen LogP) is 0.656. The molecule has 1 aromatic carbocycles. The second-order valence-electron chi connectivity index (χ2n) is 6.70. The van der Waals surface area contributed by atoms with E-state index in [0.717, 1.165) is 44.0 Å². The van der Waals surface area contributed by atoms with Crippen molar-refractivity contribution in [1.82, 2.24) is 20.7 Å². The highest BCUT2D eigenvalue weighted by atomic mass is 16.6. The van der Waals surface area contributed by atoms with E-state index in [1.807, 2.05) is 24.3 Å². The van der Waals surface area contributed by atoms with Crippen LogP contribution in [0, 0.1) is 11.3 Å². The Kier molecular flexibility index (Phi) is 6.17. The van der Waals surface area contributed by atoms with Gasteiger partial charge in [0.15, 0.2) is 11.5 Å². The third-order valence-corrected chi connectivity index (χ3v) is 4.89. The van der Waals surface area contributed by atoms with Crippen LogP contribution in [0.1, 0.15) is 12.8 Å². The van der Waals surface area contributed by atoms with E-state index >= 15 is 0 Å². The number of ether oxygens (including phenoxy) is 2. The molecule has 1 atom stereocenters. The summed E-state index contributed by atoms with van der Waals surface area (Å²) in [4.78, 5) is 13.1. The number of nitrogens with zero attached hydrogens (tertiary/aromatic N) is 2. The molecule has 1 aromatic rings. The lowest BCUT2D eigenvalue weighted by Crippen LogP contribution is -2.51. The molecule has 1 unspecified atom stereocenters. The van der Waals surface area contributed by atoms with Crippen molar-refractivity contribution in [2.75, 3.05) is 39.8 Å². The van der Waals surface area contributed by atoms with Crippen LogP contribution in [-0.2, 0) is 4.79 Å². The minimum absolute atomic E-state index is 0.0483. The lowest BCUT2D eigenvalue weighted by Gasteiger charge is -2.37. The second-order valence-corrected chi connectivity index (χ2v) is 6.70. The van der Waals surface area contributed by atoms with Crippen LogP contribution in [0.25, 0.3) is 0 Å². The van der Waals surface area contributed by atoms with Gasteiger partial charge in [-0.05, 0) is 44.0 Å². The highest BCUT2D eigenvalue weighted by molar-refractivity contribution is 5.77. The largest absolute Gasteiger partial charge is 0.486 e. The van der Waals surface area contributed by atoms with Gasteiger partial charge in [0.1, 0.15) is 12.7 Å². The number of hydrogen-bond donors (Lipinski definition) is 3. The maximum Gasteiger partial charge on any atom is 0.225 e. The zero-order chi connectivity index (χ0) is 18.4. The van der Waals surface area contributed by atoms with Gasteiger partial charge in [-0.3, -0.25) is 25.5 Å².